The van der Waals surface area contributed by atoms with Crippen LogP contribution in [0.5, 0.6) is 0 Å². The Hall–Kier alpha value is -0.720. The minimum Gasteiger partial charge on any atom is -0.349 e. The third kappa shape index (κ3) is 1.79. The highest BCUT2D eigenvalue weighted by Crippen LogP contribution is 2.33. The Labute approximate surface area is 80.8 Å². The van der Waals surface area contributed by atoms with Gasteiger partial charge < -0.3 is 4.57 Å². The van der Waals surface area contributed by atoms with Crippen molar-refractivity contribution in [1.29, 1.82) is 0 Å². The highest BCUT2D eigenvalue weighted by molar-refractivity contribution is 4.97. The molecule has 0 amide bonds. The molecule has 0 saturated heterocycles. The Morgan fingerprint density at radius 1 is 0.923 bits per heavy atom. The van der Waals surface area contributed by atoms with Crippen molar-refractivity contribution in [2.45, 2.75) is 51.0 Å². The summed E-state index contributed by atoms with van der Waals surface area (Å²) in [5, 5.41) is 0. The first-order valence-corrected chi connectivity index (χ1v) is 5.45. The van der Waals surface area contributed by atoms with Crippen molar-refractivity contribution >= 4 is 0 Å². The molecule has 1 saturated carbocycles. The zero-order valence-corrected chi connectivity index (χ0v) is 8.50. The van der Waals surface area contributed by atoms with Crippen LogP contribution in [0.4, 0.5) is 0 Å². The van der Waals surface area contributed by atoms with Gasteiger partial charge in [0.15, 0.2) is 0 Å². The maximum absolute atomic E-state index is 2.40. The standard InChI is InChI=1S/C12H19N/c1-12(13-10-6-7-11-13)8-4-2-3-5-9-12/h6-7,10-11H,2-5,8-9H2,1H3. The van der Waals surface area contributed by atoms with E-state index in [-0.39, 0.29) is 0 Å². The van der Waals surface area contributed by atoms with Gasteiger partial charge in [-0.15, -0.1) is 0 Å². The summed E-state index contributed by atoms with van der Waals surface area (Å²) in [6.45, 7) is 2.40. The van der Waals surface area contributed by atoms with E-state index in [2.05, 4.69) is 36.0 Å². The van der Waals surface area contributed by atoms with E-state index in [0.717, 1.165) is 0 Å². The highest BCUT2D eigenvalue weighted by atomic mass is 15.0. The van der Waals surface area contributed by atoms with E-state index in [9.17, 15) is 0 Å². The van der Waals surface area contributed by atoms with Crippen molar-refractivity contribution in [3.8, 4) is 0 Å². The van der Waals surface area contributed by atoms with Gasteiger partial charge in [0.05, 0.1) is 0 Å². The number of aromatic nitrogens is 1. The molecular weight excluding hydrogens is 158 g/mol. The molecule has 0 aliphatic heterocycles. The Morgan fingerprint density at radius 2 is 1.46 bits per heavy atom. The highest BCUT2D eigenvalue weighted by Gasteiger charge is 2.26. The van der Waals surface area contributed by atoms with Crippen LogP contribution in [0.25, 0.3) is 0 Å². The molecule has 1 aliphatic carbocycles. The SMILES string of the molecule is CC1(n2cccc2)CCCCCC1. The molecule has 0 unspecified atom stereocenters. The molecule has 0 spiro atoms. The fourth-order valence-electron chi connectivity index (χ4n) is 2.44. The van der Waals surface area contributed by atoms with Crippen molar-refractivity contribution < 1.29 is 0 Å². The summed E-state index contributed by atoms with van der Waals surface area (Å²) in [6, 6.07) is 4.27. The molecular formula is C12H19N. The van der Waals surface area contributed by atoms with Crippen molar-refractivity contribution in [2.75, 3.05) is 0 Å². The molecule has 1 heterocycles. The Morgan fingerprint density at radius 3 is 2.00 bits per heavy atom. The summed E-state index contributed by atoms with van der Waals surface area (Å²) in [5.41, 5.74) is 0.403. The number of hydrogen-bond donors (Lipinski definition) is 0. The molecule has 0 atom stereocenters. The van der Waals surface area contributed by atoms with Crippen LogP contribution in [0.15, 0.2) is 24.5 Å². The van der Waals surface area contributed by atoms with Crippen molar-refractivity contribution in [3.05, 3.63) is 24.5 Å². The van der Waals surface area contributed by atoms with Crippen molar-refractivity contribution in [1.82, 2.24) is 4.57 Å². The van der Waals surface area contributed by atoms with Crippen LogP contribution in [-0.4, -0.2) is 4.57 Å². The molecule has 1 aromatic heterocycles. The number of rotatable bonds is 1. The molecule has 1 aromatic rings. The van der Waals surface area contributed by atoms with E-state index in [1.165, 1.54) is 38.5 Å². The van der Waals surface area contributed by atoms with Gasteiger partial charge in [0.25, 0.3) is 0 Å². The van der Waals surface area contributed by atoms with Gasteiger partial charge in [-0.3, -0.25) is 0 Å². The summed E-state index contributed by atoms with van der Waals surface area (Å²) < 4.78 is 2.40. The summed E-state index contributed by atoms with van der Waals surface area (Å²) in [7, 11) is 0. The molecule has 0 aromatic carbocycles. The second-order valence-corrected chi connectivity index (χ2v) is 4.50. The second-order valence-electron chi connectivity index (χ2n) is 4.50. The van der Waals surface area contributed by atoms with Crippen LogP contribution in [0.2, 0.25) is 0 Å². The van der Waals surface area contributed by atoms with Crippen molar-refractivity contribution in [3.63, 3.8) is 0 Å². The van der Waals surface area contributed by atoms with Gasteiger partial charge in [-0.05, 0) is 31.9 Å². The van der Waals surface area contributed by atoms with E-state index in [0.29, 0.717) is 5.54 Å². The number of hydrogen-bond acceptors (Lipinski definition) is 0. The second kappa shape index (κ2) is 3.57. The molecule has 1 aliphatic rings. The van der Waals surface area contributed by atoms with Gasteiger partial charge in [0.1, 0.15) is 0 Å². The third-order valence-corrected chi connectivity index (χ3v) is 3.41. The first-order valence-electron chi connectivity index (χ1n) is 5.45. The summed E-state index contributed by atoms with van der Waals surface area (Å²) >= 11 is 0. The van der Waals surface area contributed by atoms with Crippen LogP contribution in [0.3, 0.4) is 0 Å². The van der Waals surface area contributed by atoms with E-state index in [1.807, 2.05) is 0 Å². The van der Waals surface area contributed by atoms with Gasteiger partial charge in [-0.25, -0.2) is 0 Å². The lowest BCUT2D eigenvalue weighted by molar-refractivity contribution is 0.276. The third-order valence-electron chi connectivity index (χ3n) is 3.41. The van der Waals surface area contributed by atoms with Crippen LogP contribution < -0.4 is 0 Å². The van der Waals surface area contributed by atoms with E-state index in [1.54, 1.807) is 0 Å². The fraction of sp³-hybridized carbons (Fsp3) is 0.667. The van der Waals surface area contributed by atoms with E-state index < -0.39 is 0 Å². The maximum atomic E-state index is 2.40. The summed E-state index contributed by atoms with van der Waals surface area (Å²) in [5.74, 6) is 0. The maximum Gasteiger partial charge on any atom is 0.0411 e. The average Bonchev–Trinajstić information content (AvgIpc) is 2.57. The molecule has 13 heavy (non-hydrogen) atoms. The zero-order chi connectivity index (χ0) is 9.15. The van der Waals surface area contributed by atoms with E-state index in [4.69, 9.17) is 0 Å². The van der Waals surface area contributed by atoms with Crippen LogP contribution >= 0.6 is 0 Å². The van der Waals surface area contributed by atoms with E-state index >= 15 is 0 Å². The first kappa shape index (κ1) is 8.86. The summed E-state index contributed by atoms with van der Waals surface area (Å²) in [4.78, 5) is 0. The quantitative estimate of drug-likeness (QED) is 0.578. The molecule has 1 nitrogen and oxygen atoms in total. The molecule has 1 fully saturated rings. The topological polar surface area (TPSA) is 4.93 Å². The predicted octanol–water partition coefficient (Wildman–Crippen LogP) is 3.56. The molecule has 0 bridgehead atoms. The van der Waals surface area contributed by atoms with Gasteiger partial charge >= 0.3 is 0 Å². The lowest BCUT2D eigenvalue weighted by Crippen LogP contribution is -2.27. The van der Waals surface area contributed by atoms with Gasteiger partial charge in [0.2, 0.25) is 0 Å². The van der Waals surface area contributed by atoms with Gasteiger partial charge in [-0.2, -0.15) is 0 Å². The molecule has 2 rings (SSSR count). The largest absolute Gasteiger partial charge is 0.349 e. The number of nitrogens with zero attached hydrogens (tertiary/aromatic N) is 1. The zero-order valence-electron chi connectivity index (χ0n) is 8.50. The molecule has 72 valence electrons. The lowest BCUT2D eigenvalue weighted by atomic mass is 9.92. The molecule has 0 radical (unpaired) electrons. The van der Waals surface area contributed by atoms with Crippen LogP contribution in [0, 0.1) is 0 Å². The predicted molar refractivity (Wildman–Crippen MR) is 55.8 cm³/mol. The molecule has 1 heteroatoms. The Kier molecular flexibility index (Phi) is 2.43. The minimum atomic E-state index is 0.403. The summed E-state index contributed by atoms with van der Waals surface area (Å²) in [6.07, 6.45) is 12.8. The monoisotopic (exact) mass is 177 g/mol. The smallest absolute Gasteiger partial charge is 0.0411 e. The molecule has 0 N–H and O–H groups in total. The van der Waals surface area contributed by atoms with Crippen molar-refractivity contribution in [2.24, 2.45) is 0 Å². The Bertz CT molecular complexity index is 240. The lowest BCUT2D eigenvalue weighted by Gasteiger charge is -2.30. The Balaban J connectivity index is 2.17. The normalized spacial score (nSPS) is 22.5. The van der Waals surface area contributed by atoms with Crippen LogP contribution in [-0.2, 0) is 5.54 Å². The van der Waals surface area contributed by atoms with Gasteiger partial charge in [0, 0.05) is 17.9 Å². The van der Waals surface area contributed by atoms with Gasteiger partial charge in [-0.1, -0.05) is 25.7 Å². The minimum absolute atomic E-state index is 0.403. The van der Waals surface area contributed by atoms with Crippen LogP contribution in [0.1, 0.15) is 45.4 Å². The fourth-order valence-corrected chi connectivity index (χ4v) is 2.44. The first-order chi connectivity index (χ1) is 6.31. The average molecular weight is 177 g/mol.